The highest BCUT2D eigenvalue weighted by atomic mass is 35.5. The number of aliphatic carboxylic acids is 1. The predicted octanol–water partition coefficient (Wildman–Crippen LogP) is 6.88. The fourth-order valence-corrected chi connectivity index (χ4v) is 5.03. The molecule has 38 heavy (non-hydrogen) atoms. The summed E-state index contributed by atoms with van der Waals surface area (Å²) in [6.45, 7) is 4.56. The number of nitrogens with zero attached hydrogens (tertiary/aromatic N) is 1. The maximum atomic E-state index is 13.9. The minimum Gasteiger partial charge on any atom is -0.487 e. The quantitative estimate of drug-likeness (QED) is 0.290. The van der Waals surface area contributed by atoms with E-state index < -0.39 is 17.4 Å². The van der Waals surface area contributed by atoms with Crippen LogP contribution < -0.4 is 4.74 Å². The zero-order chi connectivity index (χ0) is 27.3. The Labute approximate surface area is 228 Å². The van der Waals surface area contributed by atoms with E-state index in [0.29, 0.717) is 30.7 Å². The molecule has 0 saturated heterocycles. The minimum atomic E-state index is -0.950. The summed E-state index contributed by atoms with van der Waals surface area (Å²) in [6.07, 6.45) is 4.18. The van der Waals surface area contributed by atoms with Crippen molar-refractivity contribution in [2.75, 3.05) is 6.54 Å². The molecule has 1 heterocycles. The van der Waals surface area contributed by atoms with E-state index >= 15 is 0 Å². The first-order chi connectivity index (χ1) is 18.2. The summed E-state index contributed by atoms with van der Waals surface area (Å²) < 4.78 is 20.2. The van der Waals surface area contributed by atoms with Gasteiger partial charge in [-0.3, -0.25) is 9.59 Å². The van der Waals surface area contributed by atoms with Gasteiger partial charge in [-0.2, -0.15) is 0 Å². The molecule has 3 aromatic rings. The molecule has 1 amide bonds. The standard InChI is InChI=1S/C31H33ClFNO4/c1-3-4-5-21-6-8-22(9-7-21)20-34(15-14-29(35)36)30(37)24-11-13-28-25(17-24)19-31(2,38-28)18-23-10-12-26(32)27(33)16-23/h6-13,16-17H,3-5,14-15,18-20H2,1-2H3,(H,35,36). The molecule has 1 aliphatic rings. The van der Waals surface area contributed by atoms with E-state index in [1.54, 1.807) is 29.2 Å². The van der Waals surface area contributed by atoms with Crippen molar-refractivity contribution in [3.8, 4) is 5.75 Å². The van der Waals surface area contributed by atoms with Gasteiger partial charge in [0, 0.05) is 31.5 Å². The average molecular weight is 538 g/mol. The number of unbranched alkanes of at least 4 members (excludes halogenated alkanes) is 1. The molecule has 0 spiro atoms. The zero-order valence-corrected chi connectivity index (χ0v) is 22.6. The summed E-state index contributed by atoms with van der Waals surface area (Å²) in [5.74, 6) is -0.946. The first-order valence-electron chi connectivity index (χ1n) is 13.0. The van der Waals surface area contributed by atoms with Crippen molar-refractivity contribution in [2.24, 2.45) is 0 Å². The first-order valence-corrected chi connectivity index (χ1v) is 13.4. The zero-order valence-electron chi connectivity index (χ0n) is 21.8. The molecule has 7 heteroatoms. The van der Waals surface area contributed by atoms with Gasteiger partial charge in [-0.15, -0.1) is 0 Å². The van der Waals surface area contributed by atoms with Crippen LogP contribution in [0.25, 0.3) is 0 Å². The second-order valence-electron chi connectivity index (χ2n) is 10.3. The van der Waals surface area contributed by atoms with Crippen LogP contribution in [0.4, 0.5) is 4.39 Å². The van der Waals surface area contributed by atoms with Crippen LogP contribution in [-0.4, -0.2) is 34.0 Å². The molecular formula is C31H33ClFNO4. The third-order valence-corrected chi connectivity index (χ3v) is 7.20. The molecule has 200 valence electrons. The number of carboxylic acid groups (broad SMARTS) is 1. The van der Waals surface area contributed by atoms with E-state index in [2.05, 4.69) is 19.1 Å². The van der Waals surface area contributed by atoms with Crippen LogP contribution in [-0.2, 0) is 30.6 Å². The van der Waals surface area contributed by atoms with E-state index in [-0.39, 0.29) is 23.9 Å². The summed E-state index contributed by atoms with van der Waals surface area (Å²) in [5.41, 5.74) is 3.77. The summed E-state index contributed by atoms with van der Waals surface area (Å²) >= 11 is 5.82. The number of benzene rings is 3. The molecule has 1 N–H and O–H groups in total. The van der Waals surface area contributed by atoms with Crippen molar-refractivity contribution in [1.82, 2.24) is 4.90 Å². The van der Waals surface area contributed by atoms with Gasteiger partial charge < -0.3 is 14.7 Å². The van der Waals surface area contributed by atoms with Gasteiger partial charge in [0.05, 0.1) is 11.4 Å². The molecule has 1 atom stereocenters. The number of carbonyl (C=O) groups is 2. The van der Waals surface area contributed by atoms with Crippen molar-refractivity contribution in [2.45, 2.75) is 64.5 Å². The van der Waals surface area contributed by atoms with Gasteiger partial charge in [-0.1, -0.05) is 55.3 Å². The maximum absolute atomic E-state index is 13.9. The van der Waals surface area contributed by atoms with Crippen molar-refractivity contribution < 1.29 is 23.8 Å². The molecule has 1 unspecified atom stereocenters. The van der Waals surface area contributed by atoms with Crippen LogP contribution >= 0.6 is 11.6 Å². The Balaban J connectivity index is 1.49. The molecule has 0 fully saturated rings. The van der Waals surface area contributed by atoms with Crippen LogP contribution in [0, 0.1) is 5.82 Å². The second-order valence-corrected chi connectivity index (χ2v) is 10.7. The molecule has 4 rings (SSSR count). The van der Waals surface area contributed by atoms with Crippen molar-refractivity contribution in [3.63, 3.8) is 0 Å². The molecule has 1 aliphatic heterocycles. The van der Waals surface area contributed by atoms with E-state index in [0.717, 1.165) is 36.0 Å². The Morgan fingerprint density at radius 2 is 1.76 bits per heavy atom. The minimum absolute atomic E-state index is 0.0811. The van der Waals surface area contributed by atoms with Gasteiger partial charge in [0.2, 0.25) is 0 Å². The molecule has 0 radical (unpaired) electrons. The molecule has 0 saturated carbocycles. The van der Waals surface area contributed by atoms with Gasteiger partial charge in [0.25, 0.3) is 5.91 Å². The maximum Gasteiger partial charge on any atom is 0.305 e. The number of aryl methyl sites for hydroxylation is 1. The van der Waals surface area contributed by atoms with Crippen LogP contribution in [0.3, 0.4) is 0 Å². The third kappa shape index (κ3) is 6.93. The fourth-order valence-electron chi connectivity index (χ4n) is 4.91. The lowest BCUT2D eigenvalue weighted by Crippen LogP contribution is -2.33. The Kier molecular flexibility index (Phi) is 8.72. The number of amides is 1. The lowest BCUT2D eigenvalue weighted by Gasteiger charge is -2.24. The van der Waals surface area contributed by atoms with E-state index in [4.69, 9.17) is 16.3 Å². The van der Waals surface area contributed by atoms with Crippen molar-refractivity contribution >= 4 is 23.5 Å². The lowest BCUT2D eigenvalue weighted by molar-refractivity contribution is -0.137. The van der Waals surface area contributed by atoms with Crippen LogP contribution in [0.1, 0.15) is 65.7 Å². The fraction of sp³-hybridized carbons (Fsp3) is 0.355. The number of halogens is 2. The summed E-state index contributed by atoms with van der Waals surface area (Å²) in [4.78, 5) is 26.4. The van der Waals surface area contributed by atoms with E-state index in [9.17, 15) is 19.1 Å². The number of fused-ring (bicyclic) bond motifs is 1. The normalized spacial score (nSPS) is 16.1. The molecule has 5 nitrogen and oxygen atoms in total. The molecule has 0 bridgehead atoms. The Hall–Kier alpha value is -3.38. The Bertz CT molecular complexity index is 1310. The topological polar surface area (TPSA) is 66.8 Å². The van der Waals surface area contributed by atoms with Crippen LogP contribution in [0.15, 0.2) is 60.7 Å². The Morgan fingerprint density at radius 3 is 2.45 bits per heavy atom. The van der Waals surface area contributed by atoms with E-state index in [1.165, 1.54) is 11.6 Å². The van der Waals surface area contributed by atoms with Gasteiger partial charge in [0.1, 0.15) is 17.2 Å². The summed E-state index contributed by atoms with van der Waals surface area (Å²) in [5, 5.41) is 9.33. The average Bonchev–Trinajstić information content (AvgIpc) is 3.22. The van der Waals surface area contributed by atoms with Gasteiger partial charge >= 0.3 is 5.97 Å². The molecular weight excluding hydrogens is 505 g/mol. The van der Waals surface area contributed by atoms with Crippen molar-refractivity contribution in [3.05, 3.63) is 99.3 Å². The predicted molar refractivity (Wildman–Crippen MR) is 146 cm³/mol. The third-order valence-electron chi connectivity index (χ3n) is 6.89. The second kappa shape index (κ2) is 12.0. The van der Waals surface area contributed by atoms with Crippen LogP contribution in [0.2, 0.25) is 5.02 Å². The first kappa shape index (κ1) is 27.6. The summed E-state index contributed by atoms with van der Waals surface area (Å²) in [7, 11) is 0. The van der Waals surface area contributed by atoms with Crippen molar-refractivity contribution in [1.29, 1.82) is 0 Å². The number of rotatable bonds is 11. The highest BCUT2D eigenvalue weighted by Crippen LogP contribution is 2.38. The number of carboxylic acids is 1. The smallest absolute Gasteiger partial charge is 0.305 e. The SMILES string of the molecule is CCCCc1ccc(CN(CCC(=O)O)C(=O)c2ccc3c(c2)CC(C)(Cc2ccc(Cl)c(F)c2)O3)cc1. The number of hydrogen-bond donors (Lipinski definition) is 1. The molecule has 3 aromatic carbocycles. The highest BCUT2D eigenvalue weighted by molar-refractivity contribution is 6.30. The molecule has 0 aromatic heterocycles. The monoisotopic (exact) mass is 537 g/mol. The molecule has 0 aliphatic carbocycles. The largest absolute Gasteiger partial charge is 0.487 e. The number of carbonyl (C=O) groups excluding carboxylic acids is 1. The van der Waals surface area contributed by atoms with Gasteiger partial charge in [-0.05, 0) is 72.4 Å². The Morgan fingerprint density at radius 1 is 1.05 bits per heavy atom. The number of hydrogen-bond acceptors (Lipinski definition) is 3. The summed E-state index contributed by atoms with van der Waals surface area (Å²) in [6, 6.07) is 18.2. The van der Waals surface area contributed by atoms with Gasteiger partial charge in [-0.25, -0.2) is 4.39 Å². The van der Waals surface area contributed by atoms with Gasteiger partial charge in [0.15, 0.2) is 0 Å². The number of ether oxygens (including phenoxy) is 1. The van der Waals surface area contributed by atoms with E-state index in [1.807, 2.05) is 25.1 Å². The van der Waals surface area contributed by atoms with Crippen LogP contribution in [0.5, 0.6) is 5.75 Å². The highest BCUT2D eigenvalue weighted by Gasteiger charge is 2.36. The lowest BCUT2D eigenvalue weighted by atomic mass is 9.91.